The molecule has 0 saturated carbocycles. The number of nitrogens with zero attached hydrogens (tertiary/aromatic N) is 1. The van der Waals surface area contributed by atoms with Crippen LogP contribution in [-0.2, 0) is 11.4 Å². The van der Waals surface area contributed by atoms with Crippen LogP contribution in [0.4, 0.5) is 5.69 Å². The van der Waals surface area contributed by atoms with Crippen LogP contribution in [0.5, 0.6) is 11.5 Å². The number of hydrogen-bond donors (Lipinski definition) is 1. The highest BCUT2D eigenvalue weighted by Gasteiger charge is 2.24. The van der Waals surface area contributed by atoms with Crippen LogP contribution in [0.25, 0.3) is 6.08 Å². The minimum absolute atomic E-state index is 0.209. The number of amides is 1. The van der Waals surface area contributed by atoms with Gasteiger partial charge in [-0.15, -0.1) is 0 Å². The lowest BCUT2D eigenvalue weighted by Crippen LogP contribution is -2.19. The summed E-state index contributed by atoms with van der Waals surface area (Å²) in [6.45, 7) is 0.406. The largest absolute Gasteiger partial charge is 0.497 e. The zero-order valence-corrected chi connectivity index (χ0v) is 20.1. The molecule has 162 valence electrons. The van der Waals surface area contributed by atoms with Crippen molar-refractivity contribution in [3.05, 3.63) is 92.3 Å². The molecule has 0 aliphatic carbocycles. The molecular weight excluding hydrogens is 512 g/mol. The van der Waals surface area contributed by atoms with Crippen molar-refractivity contribution in [2.45, 2.75) is 6.61 Å². The fraction of sp³-hybridized carbons (Fsp3) is 0.0833. The van der Waals surface area contributed by atoms with Crippen LogP contribution in [0.3, 0.4) is 0 Å². The van der Waals surface area contributed by atoms with E-state index in [0.29, 0.717) is 31.9 Å². The molecule has 0 bridgehead atoms. The topological polar surface area (TPSA) is 59.9 Å². The number of methoxy groups -OCH3 is 1. The number of nitrogens with one attached hydrogen (secondary N) is 1. The van der Waals surface area contributed by atoms with Gasteiger partial charge >= 0.3 is 0 Å². The molecule has 0 aromatic heterocycles. The van der Waals surface area contributed by atoms with Gasteiger partial charge in [0, 0.05) is 0 Å². The Morgan fingerprint density at radius 1 is 1.12 bits per heavy atom. The van der Waals surface area contributed by atoms with Crippen LogP contribution in [0.15, 0.2) is 81.1 Å². The number of benzene rings is 3. The lowest BCUT2D eigenvalue weighted by atomic mass is 10.2. The van der Waals surface area contributed by atoms with Crippen molar-refractivity contribution < 1.29 is 14.3 Å². The first-order valence-corrected chi connectivity index (χ1v) is 11.6. The summed E-state index contributed by atoms with van der Waals surface area (Å²) in [5, 5.41) is 3.75. The van der Waals surface area contributed by atoms with E-state index >= 15 is 0 Å². The molecule has 4 rings (SSSR count). The van der Waals surface area contributed by atoms with Crippen molar-refractivity contribution in [3.8, 4) is 11.5 Å². The van der Waals surface area contributed by atoms with Crippen LogP contribution >= 0.6 is 39.3 Å². The monoisotopic (exact) mass is 528 g/mol. The van der Waals surface area contributed by atoms with E-state index in [1.807, 2.05) is 60.7 Å². The average molecular weight is 530 g/mol. The van der Waals surface area contributed by atoms with Crippen molar-refractivity contribution in [1.82, 2.24) is 5.32 Å². The number of carbonyl (C=O) groups is 1. The second kappa shape index (κ2) is 10.3. The molecule has 1 saturated heterocycles. The zero-order chi connectivity index (χ0) is 22.5. The van der Waals surface area contributed by atoms with Gasteiger partial charge < -0.3 is 14.8 Å². The molecule has 0 atom stereocenters. The number of thioether (sulfide) groups is 1. The number of hydrogen-bond acceptors (Lipinski definition) is 5. The molecule has 0 unspecified atom stereocenters. The maximum atomic E-state index is 12.4. The molecule has 8 heteroatoms. The van der Waals surface area contributed by atoms with Crippen molar-refractivity contribution >= 4 is 62.1 Å². The standard InChI is InChI=1S/C24H18BrClN2O3S/c1-30-18-9-7-17(8-10-18)27-24-28-23(29)21(32-24)13-16-11-19(25)22(20(26)12-16)31-14-15-5-3-2-4-6-15/h2-13H,14H2,1H3,(H,27,28,29)/b21-13+. The molecule has 32 heavy (non-hydrogen) atoms. The summed E-state index contributed by atoms with van der Waals surface area (Å²) in [6, 6.07) is 20.8. The lowest BCUT2D eigenvalue weighted by Gasteiger charge is -2.11. The van der Waals surface area contributed by atoms with Crippen LogP contribution < -0.4 is 14.8 Å². The van der Waals surface area contributed by atoms with Gasteiger partial charge in [0.25, 0.3) is 5.91 Å². The zero-order valence-electron chi connectivity index (χ0n) is 17.0. The minimum Gasteiger partial charge on any atom is -0.497 e. The number of ether oxygens (including phenoxy) is 2. The number of halogens is 2. The predicted molar refractivity (Wildman–Crippen MR) is 134 cm³/mol. The summed E-state index contributed by atoms with van der Waals surface area (Å²) in [6.07, 6.45) is 1.77. The van der Waals surface area contributed by atoms with Gasteiger partial charge in [-0.25, -0.2) is 4.99 Å². The fourth-order valence-corrected chi connectivity index (χ4v) is 4.77. The summed E-state index contributed by atoms with van der Waals surface area (Å²) >= 11 is 11.3. The highest BCUT2D eigenvalue weighted by Crippen LogP contribution is 2.37. The van der Waals surface area contributed by atoms with E-state index in [1.54, 1.807) is 19.3 Å². The molecule has 1 amide bonds. The first kappa shape index (κ1) is 22.5. The Labute approximate surface area is 203 Å². The van der Waals surface area contributed by atoms with Crippen molar-refractivity contribution in [2.24, 2.45) is 4.99 Å². The molecule has 3 aromatic carbocycles. The third kappa shape index (κ3) is 5.54. The Kier molecular flexibility index (Phi) is 7.19. The summed E-state index contributed by atoms with van der Waals surface area (Å²) in [7, 11) is 1.61. The van der Waals surface area contributed by atoms with Gasteiger partial charge in [-0.2, -0.15) is 0 Å². The molecule has 1 heterocycles. The summed E-state index contributed by atoms with van der Waals surface area (Å²) in [5.41, 5.74) is 2.54. The smallest absolute Gasteiger partial charge is 0.264 e. The summed E-state index contributed by atoms with van der Waals surface area (Å²) in [5.74, 6) is 1.10. The first-order valence-electron chi connectivity index (χ1n) is 9.61. The van der Waals surface area contributed by atoms with Crippen molar-refractivity contribution in [2.75, 3.05) is 7.11 Å². The van der Waals surface area contributed by atoms with Gasteiger partial charge in [-0.1, -0.05) is 41.9 Å². The van der Waals surface area contributed by atoms with Gasteiger partial charge in [0.05, 0.1) is 27.2 Å². The van der Waals surface area contributed by atoms with Gasteiger partial charge in [-0.05, 0) is 81.3 Å². The molecule has 1 N–H and O–H groups in total. The van der Waals surface area contributed by atoms with Gasteiger partial charge in [0.1, 0.15) is 12.4 Å². The third-order valence-electron chi connectivity index (χ3n) is 4.50. The SMILES string of the molecule is COc1ccc(N=C2NC(=O)/C(=C\c3cc(Cl)c(OCc4ccccc4)c(Br)c3)S2)cc1. The number of amidine groups is 1. The third-order valence-corrected chi connectivity index (χ3v) is 6.28. The Morgan fingerprint density at radius 3 is 2.56 bits per heavy atom. The molecule has 1 aliphatic heterocycles. The maximum absolute atomic E-state index is 12.4. The normalized spacial score (nSPS) is 15.8. The Hall–Kier alpha value is -2.74. The fourth-order valence-electron chi connectivity index (χ4n) is 2.94. The first-order chi connectivity index (χ1) is 15.5. The van der Waals surface area contributed by atoms with Crippen molar-refractivity contribution in [3.63, 3.8) is 0 Å². The van der Waals surface area contributed by atoms with Crippen LogP contribution in [0.2, 0.25) is 5.02 Å². The number of carbonyl (C=O) groups excluding carboxylic acids is 1. The van der Waals surface area contributed by atoms with E-state index in [9.17, 15) is 4.79 Å². The molecule has 5 nitrogen and oxygen atoms in total. The van der Waals surface area contributed by atoms with Gasteiger partial charge in [0.2, 0.25) is 0 Å². The van der Waals surface area contributed by atoms with Crippen LogP contribution in [0.1, 0.15) is 11.1 Å². The highest BCUT2D eigenvalue weighted by molar-refractivity contribution is 9.10. The van der Waals surface area contributed by atoms with E-state index in [0.717, 1.165) is 22.6 Å². The molecule has 0 radical (unpaired) electrons. The lowest BCUT2D eigenvalue weighted by molar-refractivity contribution is -0.115. The minimum atomic E-state index is -0.209. The van der Waals surface area contributed by atoms with Crippen molar-refractivity contribution in [1.29, 1.82) is 0 Å². The Bertz CT molecular complexity index is 1170. The second-order valence-electron chi connectivity index (χ2n) is 6.77. The number of aliphatic imine (C=N–C) groups is 1. The molecule has 0 spiro atoms. The quantitative estimate of drug-likeness (QED) is 0.366. The van der Waals surface area contributed by atoms with E-state index in [-0.39, 0.29) is 5.91 Å². The van der Waals surface area contributed by atoms with E-state index in [2.05, 4.69) is 26.2 Å². The Morgan fingerprint density at radius 2 is 1.88 bits per heavy atom. The predicted octanol–water partition coefficient (Wildman–Crippen LogP) is 6.58. The average Bonchev–Trinajstić information content (AvgIpc) is 3.12. The highest BCUT2D eigenvalue weighted by atomic mass is 79.9. The van der Waals surface area contributed by atoms with Crippen LogP contribution in [0, 0.1) is 0 Å². The van der Waals surface area contributed by atoms with Gasteiger partial charge in [0.15, 0.2) is 10.9 Å². The molecule has 1 fully saturated rings. The van der Waals surface area contributed by atoms with E-state index in [4.69, 9.17) is 21.1 Å². The molecule has 1 aliphatic rings. The number of rotatable bonds is 6. The second-order valence-corrected chi connectivity index (χ2v) is 9.06. The Balaban J connectivity index is 1.49. The maximum Gasteiger partial charge on any atom is 0.264 e. The summed E-state index contributed by atoms with van der Waals surface area (Å²) in [4.78, 5) is 17.4. The van der Waals surface area contributed by atoms with E-state index in [1.165, 1.54) is 11.8 Å². The molecular formula is C24H18BrClN2O3S. The van der Waals surface area contributed by atoms with Gasteiger partial charge in [-0.3, -0.25) is 4.79 Å². The molecule has 3 aromatic rings. The summed E-state index contributed by atoms with van der Waals surface area (Å²) < 4.78 is 11.7. The van der Waals surface area contributed by atoms with E-state index < -0.39 is 0 Å². The van der Waals surface area contributed by atoms with Crippen LogP contribution in [-0.4, -0.2) is 18.2 Å².